The van der Waals surface area contributed by atoms with Gasteiger partial charge in [-0.15, -0.1) is 13.2 Å². The number of nitrogens with one attached hydrogen (secondary N) is 2. The molecule has 0 aliphatic carbocycles. The molecule has 0 radical (unpaired) electrons. The molecule has 3 aromatic rings. The molecule has 0 saturated carbocycles. The van der Waals surface area contributed by atoms with Crippen LogP contribution in [-0.2, 0) is 4.74 Å². The average molecular weight is 424 g/mol. The Morgan fingerprint density at radius 3 is 2.79 bits per heavy atom. The number of hydrogen-bond donors (Lipinski definition) is 2. The Balaban J connectivity index is 1.53. The van der Waals surface area contributed by atoms with Crippen molar-refractivity contribution in [3.8, 4) is 5.75 Å². The molecule has 2 aromatic carbocycles. The lowest BCUT2D eigenvalue weighted by atomic mass is 10.2. The van der Waals surface area contributed by atoms with E-state index in [2.05, 4.69) is 20.4 Å². The molecule has 2 heterocycles. The van der Waals surface area contributed by atoms with Crippen LogP contribution in [0, 0.1) is 0 Å². The molecule has 29 heavy (non-hydrogen) atoms. The highest BCUT2D eigenvalue weighted by molar-refractivity contribution is 7.22. The van der Waals surface area contributed by atoms with Gasteiger partial charge in [0.2, 0.25) is 0 Å². The molecule has 1 aromatic heterocycles. The second kappa shape index (κ2) is 6.99. The number of aromatic nitrogens is 1. The Labute approximate surface area is 167 Å². The number of carbonyl (C=O) groups excluding carboxylic acids is 1. The topological polar surface area (TPSA) is 75.7 Å². The maximum absolute atomic E-state index is 12.4. The lowest BCUT2D eigenvalue weighted by molar-refractivity contribution is -0.274. The van der Waals surface area contributed by atoms with Gasteiger partial charge in [0.1, 0.15) is 5.75 Å². The van der Waals surface area contributed by atoms with Gasteiger partial charge < -0.3 is 25.0 Å². The zero-order valence-electron chi connectivity index (χ0n) is 15.2. The van der Waals surface area contributed by atoms with Crippen LogP contribution in [0.4, 0.5) is 29.7 Å². The summed E-state index contributed by atoms with van der Waals surface area (Å²) in [4.78, 5) is 18.0. The number of ether oxygens (including phenoxy) is 2. The first-order valence-electron chi connectivity index (χ1n) is 8.38. The SMILES string of the molecule is COC(=O)c1ccc2c(c1)NC(Nc1nc3ccc(OC(F)(F)F)cc3s1)N2C. The molecular formula is C18H15F3N4O3S. The summed E-state index contributed by atoms with van der Waals surface area (Å²) in [6, 6.07) is 9.17. The van der Waals surface area contributed by atoms with E-state index in [0.717, 1.165) is 11.4 Å². The lowest BCUT2D eigenvalue weighted by Gasteiger charge is -2.22. The molecule has 0 fully saturated rings. The number of halogens is 3. The van der Waals surface area contributed by atoms with Crippen LogP contribution in [0.3, 0.4) is 0 Å². The summed E-state index contributed by atoms with van der Waals surface area (Å²) < 4.78 is 46.4. The first-order valence-corrected chi connectivity index (χ1v) is 9.20. The van der Waals surface area contributed by atoms with E-state index in [1.165, 1.54) is 36.6 Å². The fourth-order valence-electron chi connectivity index (χ4n) is 3.00. The van der Waals surface area contributed by atoms with Gasteiger partial charge in [0.25, 0.3) is 0 Å². The Morgan fingerprint density at radius 2 is 2.07 bits per heavy atom. The van der Waals surface area contributed by atoms with E-state index in [4.69, 9.17) is 4.74 Å². The Kier molecular flexibility index (Phi) is 4.61. The summed E-state index contributed by atoms with van der Waals surface area (Å²) in [5.74, 6) is -0.726. The van der Waals surface area contributed by atoms with Crippen LogP contribution in [-0.4, -0.2) is 37.8 Å². The summed E-state index contributed by atoms with van der Waals surface area (Å²) in [6.45, 7) is 0. The Morgan fingerprint density at radius 1 is 1.28 bits per heavy atom. The molecule has 1 aliphatic heterocycles. The van der Waals surface area contributed by atoms with Crippen molar-refractivity contribution in [2.24, 2.45) is 0 Å². The number of anilines is 3. The van der Waals surface area contributed by atoms with Crippen molar-refractivity contribution in [1.82, 2.24) is 4.98 Å². The van der Waals surface area contributed by atoms with Crippen molar-refractivity contribution in [3.63, 3.8) is 0 Å². The quantitative estimate of drug-likeness (QED) is 0.607. The third-order valence-corrected chi connectivity index (χ3v) is 5.28. The Bertz CT molecular complexity index is 1090. The number of alkyl halides is 3. The number of hydrogen-bond acceptors (Lipinski definition) is 8. The summed E-state index contributed by atoms with van der Waals surface area (Å²) in [5.41, 5.74) is 2.59. The van der Waals surface area contributed by atoms with Crippen LogP contribution in [0.2, 0.25) is 0 Å². The highest BCUT2D eigenvalue weighted by Gasteiger charge is 2.31. The molecule has 1 aliphatic rings. The minimum absolute atomic E-state index is 0.293. The third kappa shape index (κ3) is 3.86. The van der Waals surface area contributed by atoms with E-state index in [0.29, 0.717) is 20.9 Å². The van der Waals surface area contributed by atoms with Crippen molar-refractivity contribution in [2.45, 2.75) is 12.7 Å². The van der Waals surface area contributed by atoms with Gasteiger partial charge in [0, 0.05) is 13.1 Å². The second-order valence-corrected chi connectivity index (χ2v) is 7.25. The fraction of sp³-hybridized carbons (Fsp3) is 0.222. The van der Waals surface area contributed by atoms with Gasteiger partial charge in [-0.3, -0.25) is 0 Å². The normalized spacial score (nSPS) is 15.8. The first-order chi connectivity index (χ1) is 13.7. The van der Waals surface area contributed by atoms with Crippen molar-refractivity contribution >= 4 is 44.0 Å². The van der Waals surface area contributed by atoms with Crippen molar-refractivity contribution in [3.05, 3.63) is 42.0 Å². The first kappa shape index (κ1) is 19.1. The third-order valence-electron chi connectivity index (χ3n) is 4.33. The maximum Gasteiger partial charge on any atom is 0.573 e. The number of carbonyl (C=O) groups is 1. The number of fused-ring (bicyclic) bond motifs is 2. The number of esters is 1. The van der Waals surface area contributed by atoms with Crippen LogP contribution in [0.1, 0.15) is 10.4 Å². The smallest absolute Gasteiger partial charge is 0.465 e. The molecular weight excluding hydrogens is 409 g/mol. The molecule has 11 heteroatoms. The van der Waals surface area contributed by atoms with Gasteiger partial charge >= 0.3 is 12.3 Å². The minimum Gasteiger partial charge on any atom is -0.465 e. The molecule has 2 N–H and O–H groups in total. The van der Waals surface area contributed by atoms with Crippen molar-refractivity contribution in [1.29, 1.82) is 0 Å². The predicted octanol–water partition coefficient (Wildman–Crippen LogP) is 4.24. The van der Waals surface area contributed by atoms with Crippen LogP contribution in [0.25, 0.3) is 10.2 Å². The van der Waals surface area contributed by atoms with Gasteiger partial charge in [-0.25, -0.2) is 9.78 Å². The van der Waals surface area contributed by atoms with Gasteiger partial charge in [0.05, 0.1) is 34.3 Å². The maximum atomic E-state index is 12.4. The van der Waals surface area contributed by atoms with Gasteiger partial charge in [-0.2, -0.15) is 0 Å². The molecule has 0 bridgehead atoms. The van der Waals surface area contributed by atoms with E-state index in [9.17, 15) is 18.0 Å². The van der Waals surface area contributed by atoms with Gasteiger partial charge in [0.15, 0.2) is 11.4 Å². The van der Waals surface area contributed by atoms with Crippen molar-refractivity contribution in [2.75, 3.05) is 29.7 Å². The zero-order valence-corrected chi connectivity index (χ0v) is 16.0. The zero-order chi connectivity index (χ0) is 20.8. The average Bonchev–Trinajstić information content (AvgIpc) is 3.19. The van der Waals surface area contributed by atoms with E-state index >= 15 is 0 Å². The minimum atomic E-state index is -4.75. The second-order valence-electron chi connectivity index (χ2n) is 6.22. The van der Waals surface area contributed by atoms with Crippen LogP contribution >= 0.6 is 11.3 Å². The summed E-state index contributed by atoms with van der Waals surface area (Å²) >= 11 is 1.21. The number of thiazole rings is 1. The Hall–Kier alpha value is -3.21. The van der Waals surface area contributed by atoms with E-state index in [1.54, 1.807) is 18.2 Å². The van der Waals surface area contributed by atoms with E-state index in [-0.39, 0.29) is 12.0 Å². The van der Waals surface area contributed by atoms with Gasteiger partial charge in [-0.05, 0) is 30.3 Å². The number of methoxy groups -OCH3 is 1. The highest BCUT2D eigenvalue weighted by Crippen LogP contribution is 2.36. The summed E-state index contributed by atoms with van der Waals surface area (Å²) in [7, 11) is 3.18. The molecule has 1 unspecified atom stereocenters. The van der Waals surface area contributed by atoms with E-state index < -0.39 is 12.3 Å². The lowest BCUT2D eigenvalue weighted by Crippen LogP contribution is -2.39. The molecule has 4 rings (SSSR count). The monoisotopic (exact) mass is 424 g/mol. The number of nitrogens with zero attached hydrogens (tertiary/aromatic N) is 2. The van der Waals surface area contributed by atoms with Crippen LogP contribution < -0.4 is 20.3 Å². The number of benzene rings is 2. The molecule has 0 spiro atoms. The van der Waals surface area contributed by atoms with Crippen LogP contribution in [0.5, 0.6) is 5.75 Å². The predicted molar refractivity (Wildman–Crippen MR) is 104 cm³/mol. The summed E-state index contributed by atoms with van der Waals surface area (Å²) in [6.07, 6.45) is -5.10. The standard InChI is InChI=1S/C18H15F3N4O3S/c1-25-13-6-3-9(15(26)27-2)7-12(13)22-16(25)24-17-23-11-5-4-10(8-14(11)29-17)28-18(19,20)21/h3-8,16,22H,1-2H3,(H,23,24). The van der Waals surface area contributed by atoms with Crippen molar-refractivity contribution < 1.29 is 27.4 Å². The van der Waals surface area contributed by atoms with Gasteiger partial charge in [-0.1, -0.05) is 11.3 Å². The number of rotatable bonds is 4. The van der Waals surface area contributed by atoms with E-state index in [1.807, 2.05) is 11.9 Å². The summed E-state index contributed by atoms with van der Waals surface area (Å²) in [5, 5.41) is 6.96. The molecule has 152 valence electrons. The highest BCUT2D eigenvalue weighted by atomic mass is 32.1. The fourth-order valence-corrected chi connectivity index (χ4v) is 3.92. The molecule has 1 atom stereocenters. The molecule has 0 amide bonds. The largest absolute Gasteiger partial charge is 0.573 e. The molecule has 0 saturated heterocycles. The van der Waals surface area contributed by atoms with Crippen LogP contribution in [0.15, 0.2) is 36.4 Å². The molecule has 7 nitrogen and oxygen atoms in total.